The van der Waals surface area contributed by atoms with E-state index in [2.05, 4.69) is 20.9 Å². The highest BCUT2D eigenvalue weighted by molar-refractivity contribution is 6.34. The number of urea groups is 1. The minimum Gasteiger partial charge on any atom is -0.354 e. The quantitative estimate of drug-likeness (QED) is 0.778. The van der Waals surface area contributed by atoms with Crippen molar-refractivity contribution in [3.8, 4) is 0 Å². The fourth-order valence-corrected chi connectivity index (χ4v) is 2.20. The van der Waals surface area contributed by atoms with Crippen LogP contribution in [0.2, 0.25) is 5.02 Å². The van der Waals surface area contributed by atoms with E-state index in [0.717, 1.165) is 12.8 Å². The second kappa shape index (κ2) is 6.56. The number of halogens is 1. The number of aromatic nitrogens is 1. The first-order valence-corrected chi connectivity index (χ1v) is 6.92. The van der Waals surface area contributed by atoms with Crippen molar-refractivity contribution in [3.63, 3.8) is 0 Å². The fraction of sp³-hybridized carbons (Fsp3) is 0.462. The lowest BCUT2D eigenvalue weighted by molar-refractivity contribution is -0.122. The van der Waals surface area contributed by atoms with Crippen LogP contribution >= 0.6 is 11.6 Å². The van der Waals surface area contributed by atoms with Crippen molar-refractivity contribution in [3.05, 3.63) is 23.0 Å². The second-order valence-corrected chi connectivity index (χ2v) is 5.07. The molecule has 1 atom stereocenters. The molecule has 1 unspecified atom stereocenters. The number of hydrogen-bond acceptors (Lipinski definition) is 3. The summed E-state index contributed by atoms with van der Waals surface area (Å²) >= 11 is 6.05. The number of aryl methyl sites for hydroxylation is 1. The van der Waals surface area contributed by atoms with Gasteiger partial charge in [0.25, 0.3) is 0 Å². The van der Waals surface area contributed by atoms with Crippen molar-refractivity contribution in [2.45, 2.75) is 32.2 Å². The van der Waals surface area contributed by atoms with Gasteiger partial charge >= 0.3 is 6.03 Å². The van der Waals surface area contributed by atoms with E-state index in [-0.39, 0.29) is 5.91 Å². The van der Waals surface area contributed by atoms with Crippen LogP contribution in [0.5, 0.6) is 0 Å². The molecule has 1 aromatic rings. The number of hydrogen-bond donors (Lipinski definition) is 3. The predicted octanol–water partition coefficient (Wildman–Crippen LogP) is 1.83. The molecule has 1 fully saturated rings. The average Bonchev–Trinajstić information content (AvgIpc) is 2.61. The number of anilines is 1. The molecule has 0 saturated carbocycles. The topological polar surface area (TPSA) is 83.1 Å². The molecule has 1 saturated heterocycles. The highest BCUT2D eigenvalue weighted by Crippen LogP contribution is 2.23. The van der Waals surface area contributed by atoms with Gasteiger partial charge in [-0.1, -0.05) is 11.6 Å². The van der Waals surface area contributed by atoms with E-state index in [1.54, 1.807) is 19.2 Å². The van der Waals surface area contributed by atoms with Gasteiger partial charge in [-0.3, -0.25) is 9.78 Å². The van der Waals surface area contributed by atoms with Crippen LogP contribution in [-0.4, -0.2) is 29.5 Å². The number of rotatable bonds is 2. The van der Waals surface area contributed by atoms with E-state index >= 15 is 0 Å². The predicted molar refractivity (Wildman–Crippen MR) is 76.8 cm³/mol. The Morgan fingerprint density at radius 3 is 3.10 bits per heavy atom. The van der Waals surface area contributed by atoms with E-state index < -0.39 is 12.1 Å². The number of nitrogens with one attached hydrogen (secondary N) is 3. The maximum atomic E-state index is 11.9. The monoisotopic (exact) mass is 296 g/mol. The van der Waals surface area contributed by atoms with Crippen LogP contribution in [-0.2, 0) is 4.79 Å². The molecule has 1 aliphatic heterocycles. The Hall–Kier alpha value is -1.82. The van der Waals surface area contributed by atoms with Gasteiger partial charge in [-0.2, -0.15) is 0 Å². The minimum absolute atomic E-state index is 0.144. The summed E-state index contributed by atoms with van der Waals surface area (Å²) in [6.07, 6.45) is 4.04. The molecule has 20 heavy (non-hydrogen) atoms. The molecule has 3 N–H and O–H groups in total. The van der Waals surface area contributed by atoms with Crippen LogP contribution in [0.25, 0.3) is 0 Å². The lowest BCUT2D eigenvalue weighted by atomic mass is 10.1. The van der Waals surface area contributed by atoms with Crippen LogP contribution in [0.15, 0.2) is 12.3 Å². The molecule has 0 radical (unpaired) electrons. The summed E-state index contributed by atoms with van der Waals surface area (Å²) in [5, 5.41) is 8.46. The van der Waals surface area contributed by atoms with Gasteiger partial charge in [0.15, 0.2) is 0 Å². The van der Waals surface area contributed by atoms with Crippen LogP contribution in [0.1, 0.15) is 25.0 Å². The van der Waals surface area contributed by atoms with Gasteiger partial charge in [0.1, 0.15) is 6.04 Å². The molecule has 0 bridgehead atoms. The van der Waals surface area contributed by atoms with E-state index in [1.165, 1.54) is 0 Å². The SMILES string of the molecule is Cc1nccc(NC(=O)NC2CCCCNC2=O)c1Cl. The third-order valence-corrected chi connectivity index (χ3v) is 3.63. The zero-order chi connectivity index (χ0) is 14.5. The number of carbonyl (C=O) groups excluding carboxylic acids is 2. The van der Waals surface area contributed by atoms with Gasteiger partial charge in [0.2, 0.25) is 5.91 Å². The van der Waals surface area contributed by atoms with Crippen molar-refractivity contribution in [2.24, 2.45) is 0 Å². The molecule has 1 aromatic heterocycles. The molecule has 0 spiro atoms. The van der Waals surface area contributed by atoms with Crippen LogP contribution in [0.4, 0.5) is 10.5 Å². The van der Waals surface area contributed by atoms with E-state index in [1.807, 2.05) is 0 Å². The van der Waals surface area contributed by atoms with Crippen LogP contribution in [0.3, 0.4) is 0 Å². The molecule has 7 heteroatoms. The molecule has 0 aromatic carbocycles. The normalized spacial score (nSPS) is 18.9. The standard InChI is InChI=1S/C13H17ClN4O2/c1-8-11(14)9(5-7-15-8)17-13(20)18-10-4-2-3-6-16-12(10)19/h5,7,10H,2-4,6H2,1H3,(H,16,19)(H2,15,17,18,20). The molecule has 108 valence electrons. The Morgan fingerprint density at radius 2 is 2.30 bits per heavy atom. The Morgan fingerprint density at radius 1 is 1.50 bits per heavy atom. The minimum atomic E-state index is -0.501. The Bertz CT molecular complexity index is 521. The van der Waals surface area contributed by atoms with E-state index in [9.17, 15) is 9.59 Å². The molecule has 6 nitrogen and oxygen atoms in total. The zero-order valence-electron chi connectivity index (χ0n) is 11.2. The number of pyridine rings is 1. The highest BCUT2D eigenvalue weighted by Gasteiger charge is 2.22. The summed E-state index contributed by atoms with van der Waals surface area (Å²) in [6, 6.07) is 0.668. The van der Waals surface area contributed by atoms with Crippen molar-refractivity contribution < 1.29 is 9.59 Å². The fourth-order valence-electron chi connectivity index (χ4n) is 2.04. The Labute approximate surface area is 122 Å². The van der Waals surface area contributed by atoms with E-state index in [0.29, 0.717) is 29.4 Å². The van der Waals surface area contributed by atoms with E-state index in [4.69, 9.17) is 11.6 Å². The summed E-state index contributed by atoms with van der Waals surface area (Å²) in [6.45, 7) is 2.41. The Kier molecular flexibility index (Phi) is 4.79. The summed E-state index contributed by atoms with van der Waals surface area (Å²) < 4.78 is 0. The summed E-state index contributed by atoms with van der Waals surface area (Å²) in [5.74, 6) is -0.144. The molecule has 2 rings (SSSR count). The van der Waals surface area contributed by atoms with Crippen molar-refractivity contribution in [1.29, 1.82) is 0 Å². The van der Waals surface area contributed by atoms with Gasteiger partial charge in [-0.15, -0.1) is 0 Å². The lowest BCUT2D eigenvalue weighted by Gasteiger charge is -2.16. The first-order chi connectivity index (χ1) is 9.58. The maximum Gasteiger partial charge on any atom is 0.319 e. The van der Waals surface area contributed by atoms with Crippen LogP contribution < -0.4 is 16.0 Å². The van der Waals surface area contributed by atoms with Gasteiger partial charge in [-0.25, -0.2) is 4.79 Å². The molecule has 3 amide bonds. The summed E-state index contributed by atoms with van der Waals surface area (Å²) in [7, 11) is 0. The van der Waals surface area contributed by atoms with Gasteiger partial charge < -0.3 is 16.0 Å². The third kappa shape index (κ3) is 3.60. The number of carbonyl (C=O) groups is 2. The third-order valence-electron chi connectivity index (χ3n) is 3.15. The summed E-state index contributed by atoms with van der Waals surface area (Å²) in [5.41, 5.74) is 1.11. The molecular formula is C13H17ClN4O2. The van der Waals surface area contributed by atoms with Gasteiger partial charge in [-0.05, 0) is 32.3 Å². The Balaban J connectivity index is 1.98. The van der Waals surface area contributed by atoms with Crippen molar-refractivity contribution in [2.75, 3.05) is 11.9 Å². The second-order valence-electron chi connectivity index (χ2n) is 4.70. The van der Waals surface area contributed by atoms with Crippen LogP contribution in [0, 0.1) is 6.92 Å². The molecule has 0 aliphatic carbocycles. The number of nitrogens with zero attached hydrogens (tertiary/aromatic N) is 1. The molecular weight excluding hydrogens is 280 g/mol. The first kappa shape index (κ1) is 14.6. The smallest absolute Gasteiger partial charge is 0.319 e. The lowest BCUT2D eigenvalue weighted by Crippen LogP contribution is -2.47. The van der Waals surface area contributed by atoms with Gasteiger partial charge in [0.05, 0.1) is 16.4 Å². The zero-order valence-corrected chi connectivity index (χ0v) is 12.0. The molecule has 1 aliphatic rings. The summed E-state index contributed by atoms with van der Waals surface area (Å²) in [4.78, 5) is 27.7. The highest BCUT2D eigenvalue weighted by atomic mass is 35.5. The number of amides is 3. The largest absolute Gasteiger partial charge is 0.354 e. The first-order valence-electron chi connectivity index (χ1n) is 6.54. The van der Waals surface area contributed by atoms with Gasteiger partial charge in [0, 0.05) is 12.7 Å². The average molecular weight is 297 g/mol. The van der Waals surface area contributed by atoms with Crippen molar-refractivity contribution in [1.82, 2.24) is 15.6 Å². The molecule has 2 heterocycles. The van der Waals surface area contributed by atoms with Crippen molar-refractivity contribution >= 4 is 29.2 Å². The maximum absolute atomic E-state index is 11.9.